The highest BCUT2D eigenvalue weighted by atomic mass is 14.3. The summed E-state index contributed by atoms with van der Waals surface area (Å²) in [5.74, 6) is 3.96. The fourth-order valence-corrected chi connectivity index (χ4v) is 4.16. The summed E-state index contributed by atoms with van der Waals surface area (Å²) >= 11 is 0. The molecule has 0 N–H and O–H groups in total. The lowest BCUT2D eigenvalue weighted by Gasteiger charge is -2.28. The van der Waals surface area contributed by atoms with Gasteiger partial charge in [0.05, 0.1) is 0 Å². The van der Waals surface area contributed by atoms with E-state index in [2.05, 4.69) is 68.5 Å². The van der Waals surface area contributed by atoms with Crippen molar-refractivity contribution in [1.29, 1.82) is 0 Å². The molecule has 0 heteroatoms. The van der Waals surface area contributed by atoms with Crippen LogP contribution in [0.2, 0.25) is 0 Å². The third-order valence-corrected chi connectivity index (χ3v) is 6.87. The lowest BCUT2D eigenvalue weighted by Crippen LogP contribution is -2.16. The van der Waals surface area contributed by atoms with Crippen LogP contribution in [0.4, 0.5) is 0 Å². The zero-order valence-corrected chi connectivity index (χ0v) is 22.6. The van der Waals surface area contributed by atoms with Crippen LogP contribution in [0.5, 0.6) is 0 Å². The number of rotatable bonds is 12. The Morgan fingerprint density at radius 2 is 1.27 bits per heavy atom. The molecular weight excluding hydrogens is 360 g/mol. The minimum Gasteiger partial charge on any atom is -0.100 e. The molecule has 4 unspecified atom stereocenters. The Balaban J connectivity index is 0. The monoisotopic (exact) mass is 420 g/mol. The van der Waals surface area contributed by atoms with Gasteiger partial charge in [0.1, 0.15) is 0 Å². The van der Waals surface area contributed by atoms with E-state index in [1.165, 1.54) is 101 Å². The molecule has 0 nitrogen and oxygen atoms in total. The van der Waals surface area contributed by atoms with E-state index in [1.807, 2.05) is 0 Å². The zero-order valence-electron chi connectivity index (χ0n) is 22.6. The molecule has 1 aliphatic carbocycles. The molecule has 0 aliphatic heterocycles. The van der Waals surface area contributed by atoms with E-state index in [1.54, 1.807) is 0 Å². The van der Waals surface area contributed by atoms with E-state index < -0.39 is 0 Å². The summed E-state index contributed by atoms with van der Waals surface area (Å²) in [4.78, 5) is 0. The number of allylic oxidation sites excluding steroid dienone is 2. The maximum atomic E-state index is 3.85. The predicted molar refractivity (Wildman–Crippen MR) is 142 cm³/mol. The quantitative estimate of drug-likeness (QED) is 0.217. The molecule has 1 fully saturated rings. The summed E-state index contributed by atoms with van der Waals surface area (Å²) in [6.45, 7) is 25.8. The molecule has 0 amide bonds. The van der Waals surface area contributed by atoms with Gasteiger partial charge >= 0.3 is 0 Å². The van der Waals surface area contributed by atoms with Gasteiger partial charge in [0.2, 0.25) is 0 Å². The molecule has 0 aromatic carbocycles. The van der Waals surface area contributed by atoms with Crippen molar-refractivity contribution >= 4 is 0 Å². The van der Waals surface area contributed by atoms with Crippen LogP contribution < -0.4 is 0 Å². The second-order valence-corrected chi connectivity index (χ2v) is 10.5. The lowest BCUT2D eigenvalue weighted by molar-refractivity contribution is 0.237. The van der Waals surface area contributed by atoms with Gasteiger partial charge < -0.3 is 0 Å². The van der Waals surface area contributed by atoms with Crippen molar-refractivity contribution in [2.75, 3.05) is 0 Å². The standard InChI is InChI=1S/C11H22.C10H18.C9H20/c1-3-4-8-11-9-6-5-7-10(11)2;1-9(2)7-5-6-8-10(3)4;1-5-8(3)7-9(4)6-2/h10-11H,3-9H2,1-2H3;1,3,5-8H2,2,4H3;8-9H,5-7H2,1-4H3. The van der Waals surface area contributed by atoms with Crippen LogP contribution >= 0.6 is 0 Å². The highest BCUT2D eigenvalue weighted by molar-refractivity contribution is 4.90. The molecule has 0 aromatic rings. The Kier molecular flexibility index (Phi) is 22.9. The van der Waals surface area contributed by atoms with Crippen LogP contribution in [0.15, 0.2) is 24.3 Å². The third kappa shape index (κ3) is 22.2. The van der Waals surface area contributed by atoms with Crippen molar-refractivity contribution in [3.63, 3.8) is 0 Å². The van der Waals surface area contributed by atoms with Gasteiger partial charge in [-0.25, -0.2) is 0 Å². The van der Waals surface area contributed by atoms with Gasteiger partial charge in [-0.1, -0.05) is 110 Å². The van der Waals surface area contributed by atoms with Gasteiger partial charge in [0.25, 0.3) is 0 Å². The van der Waals surface area contributed by atoms with E-state index in [0.717, 1.165) is 23.7 Å². The van der Waals surface area contributed by atoms with Crippen LogP contribution in [0.25, 0.3) is 0 Å². The zero-order chi connectivity index (χ0) is 23.4. The molecule has 1 rings (SSSR count). The maximum Gasteiger partial charge on any atom is -0.0326 e. The van der Waals surface area contributed by atoms with Crippen molar-refractivity contribution < 1.29 is 0 Å². The topological polar surface area (TPSA) is 0 Å². The maximum absolute atomic E-state index is 3.85. The Morgan fingerprint density at radius 3 is 1.63 bits per heavy atom. The van der Waals surface area contributed by atoms with Gasteiger partial charge in [-0.3, -0.25) is 0 Å². The number of unbranched alkanes of at least 4 members (excludes halogenated alkanes) is 2. The highest BCUT2D eigenvalue weighted by Gasteiger charge is 2.19. The van der Waals surface area contributed by atoms with Crippen molar-refractivity contribution in [1.82, 2.24) is 0 Å². The Hall–Kier alpha value is -0.520. The predicted octanol–water partition coefficient (Wildman–Crippen LogP) is 11.2. The summed E-state index contributed by atoms with van der Waals surface area (Å²) in [7, 11) is 0. The fraction of sp³-hybridized carbons (Fsp3) is 0.867. The molecule has 0 spiro atoms. The Labute approximate surface area is 193 Å². The van der Waals surface area contributed by atoms with Gasteiger partial charge in [0.15, 0.2) is 0 Å². The SMILES string of the molecule is C=C(C)CCCCC(=C)C.CCC(C)CC(C)CC.CCCCC1CCCCC1C. The normalized spacial score (nSPS) is 20.1. The average Bonchev–Trinajstić information content (AvgIpc) is 2.71. The van der Waals surface area contributed by atoms with Crippen LogP contribution in [-0.2, 0) is 0 Å². The first kappa shape index (κ1) is 31.7. The minimum absolute atomic E-state index is 0.931. The smallest absolute Gasteiger partial charge is 0.0326 e. The van der Waals surface area contributed by atoms with Crippen molar-refractivity contribution in [3.8, 4) is 0 Å². The van der Waals surface area contributed by atoms with E-state index in [9.17, 15) is 0 Å². The summed E-state index contributed by atoms with van der Waals surface area (Å²) in [6.07, 6.45) is 19.3. The van der Waals surface area contributed by atoms with Gasteiger partial charge in [-0.05, 0) is 69.6 Å². The van der Waals surface area contributed by atoms with E-state index >= 15 is 0 Å². The molecule has 4 atom stereocenters. The van der Waals surface area contributed by atoms with Gasteiger partial charge in [-0.15, -0.1) is 13.2 Å². The molecular formula is C30H60. The van der Waals surface area contributed by atoms with E-state index in [4.69, 9.17) is 0 Å². The molecule has 0 aromatic heterocycles. The van der Waals surface area contributed by atoms with Crippen LogP contribution in [0.1, 0.15) is 145 Å². The van der Waals surface area contributed by atoms with Gasteiger partial charge in [-0.2, -0.15) is 0 Å². The van der Waals surface area contributed by atoms with Crippen LogP contribution in [0, 0.1) is 23.7 Å². The van der Waals surface area contributed by atoms with Crippen LogP contribution in [0.3, 0.4) is 0 Å². The molecule has 0 heterocycles. The van der Waals surface area contributed by atoms with Crippen LogP contribution in [-0.4, -0.2) is 0 Å². The second-order valence-electron chi connectivity index (χ2n) is 10.5. The molecule has 1 aliphatic rings. The molecule has 30 heavy (non-hydrogen) atoms. The fourth-order valence-electron chi connectivity index (χ4n) is 4.16. The number of hydrogen-bond donors (Lipinski definition) is 0. The summed E-state index contributed by atoms with van der Waals surface area (Å²) in [6, 6.07) is 0. The van der Waals surface area contributed by atoms with E-state index in [-0.39, 0.29) is 0 Å². The van der Waals surface area contributed by atoms with Crippen molar-refractivity contribution in [3.05, 3.63) is 24.3 Å². The molecule has 0 bridgehead atoms. The second kappa shape index (κ2) is 21.7. The molecule has 1 saturated carbocycles. The summed E-state index contributed by atoms with van der Waals surface area (Å²) in [5.41, 5.74) is 2.59. The Bertz CT molecular complexity index is 367. The average molecular weight is 421 g/mol. The van der Waals surface area contributed by atoms with Crippen molar-refractivity contribution in [2.24, 2.45) is 23.7 Å². The first-order valence-electron chi connectivity index (χ1n) is 13.5. The number of hydrogen-bond acceptors (Lipinski definition) is 0. The van der Waals surface area contributed by atoms with Crippen molar-refractivity contribution in [2.45, 2.75) is 145 Å². The van der Waals surface area contributed by atoms with Gasteiger partial charge in [0, 0.05) is 0 Å². The highest BCUT2D eigenvalue weighted by Crippen LogP contribution is 2.32. The molecule has 180 valence electrons. The third-order valence-electron chi connectivity index (χ3n) is 6.87. The first-order valence-corrected chi connectivity index (χ1v) is 13.5. The molecule has 0 radical (unpaired) electrons. The lowest BCUT2D eigenvalue weighted by atomic mass is 9.78. The largest absolute Gasteiger partial charge is 0.100 e. The summed E-state index contributed by atoms with van der Waals surface area (Å²) < 4.78 is 0. The first-order chi connectivity index (χ1) is 14.2. The summed E-state index contributed by atoms with van der Waals surface area (Å²) in [5, 5.41) is 0. The van der Waals surface area contributed by atoms with E-state index in [0.29, 0.717) is 0 Å². The Morgan fingerprint density at radius 1 is 0.800 bits per heavy atom. The minimum atomic E-state index is 0.931. The molecule has 0 saturated heterocycles.